The molecule has 1 saturated carbocycles. The second-order valence-electron chi connectivity index (χ2n) is 6.67. The fourth-order valence-electron chi connectivity index (χ4n) is 3.44. The number of amides is 1. The van der Waals surface area contributed by atoms with Crippen LogP contribution in [0.25, 0.3) is 17.0 Å². The first kappa shape index (κ1) is 16.3. The van der Waals surface area contributed by atoms with Crippen molar-refractivity contribution in [1.82, 2.24) is 10.3 Å². The van der Waals surface area contributed by atoms with E-state index in [-0.39, 0.29) is 5.91 Å². The first-order valence-electron chi connectivity index (χ1n) is 8.89. The van der Waals surface area contributed by atoms with Crippen LogP contribution in [-0.4, -0.2) is 22.6 Å². The van der Waals surface area contributed by atoms with Crippen LogP contribution in [0.5, 0.6) is 0 Å². The molecule has 0 atom stereocenters. The molecule has 1 aliphatic carbocycles. The normalized spacial score (nSPS) is 20.2. The molecule has 0 bridgehead atoms. The van der Waals surface area contributed by atoms with Crippen LogP contribution in [0.15, 0.2) is 46.4 Å². The molecule has 1 aliphatic heterocycles. The lowest BCUT2D eigenvalue weighted by Crippen LogP contribution is -2.27. The van der Waals surface area contributed by atoms with Gasteiger partial charge < -0.3 is 5.32 Å². The molecule has 128 valence electrons. The zero-order chi connectivity index (χ0) is 17.1. The number of nitrogens with one attached hydrogen (secondary N) is 1. The van der Waals surface area contributed by atoms with E-state index >= 15 is 0 Å². The van der Waals surface area contributed by atoms with Crippen molar-refractivity contribution in [2.45, 2.75) is 32.1 Å². The molecule has 2 aromatic rings. The number of benzene rings is 1. The van der Waals surface area contributed by atoms with Gasteiger partial charge in [-0.1, -0.05) is 31.4 Å². The minimum absolute atomic E-state index is 0.151. The number of hydrogen-bond acceptors (Lipinski definition) is 4. The van der Waals surface area contributed by atoms with Gasteiger partial charge in [0, 0.05) is 18.1 Å². The highest BCUT2D eigenvalue weighted by Crippen LogP contribution is 2.29. The van der Waals surface area contributed by atoms with Crippen molar-refractivity contribution in [3.63, 3.8) is 0 Å². The Hall–Kier alpha value is -2.14. The van der Waals surface area contributed by atoms with Gasteiger partial charge in [0.2, 0.25) is 0 Å². The van der Waals surface area contributed by atoms with Crippen molar-refractivity contribution < 1.29 is 4.79 Å². The summed E-state index contributed by atoms with van der Waals surface area (Å²) in [4.78, 5) is 21.3. The lowest BCUT2D eigenvalue weighted by atomic mass is 9.89. The van der Waals surface area contributed by atoms with E-state index in [0.717, 1.165) is 28.2 Å². The van der Waals surface area contributed by atoms with Gasteiger partial charge in [-0.2, -0.15) is 4.99 Å². The molecule has 25 heavy (non-hydrogen) atoms. The van der Waals surface area contributed by atoms with Crippen molar-refractivity contribution in [1.29, 1.82) is 0 Å². The van der Waals surface area contributed by atoms with Gasteiger partial charge in [-0.15, -0.1) is 0 Å². The molecule has 0 radical (unpaired) electrons. The molecule has 4 rings (SSSR count). The molecule has 0 unspecified atom stereocenters. The molecule has 1 aromatic heterocycles. The Balaban J connectivity index is 1.42. The predicted molar refractivity (Wildman–Crippen MR) is 104 cm³/mol. The lowest BCUT2D eigenvalue weighted by Gasteiger charge is -2.21. The third-order valence-electron chi connectivity index (χ3n) is 4.81. The van der Waals surface area contributed by atoms with E-state index in [2.05, 4.69) is 21.4 Å². The maximum absolute atomic E-state index is 12.2. The van der Waals surface area contributed by atoms with Crippen LogP contribution in [-0.2, 0) is 4.79 Å². The first-order chi connectivity index (χ1) is 12.3. The Morgan fingerprint density at radius 3 is 2.96 bits per heavy atom. The van der Waals surface area contributed by atoms with E-state index in [4.69, 9.17) is 0 Å². The summed E-state index contributed by atoms with van der Waals surface area (Å²) in [6.07, 6.45) is 10.3. The SMILES string of the molecule is O=C1N=C(NCC2CCCCC2)S/C1=C\c1ccc2ncccc2c1. The highest BCUT2D eigenvalue weighted by molar-refractivity contribution is 8.18. The molecule has 2 heterocycles. The van der Waals surface area contributed by atoms with Crippen molar-refractivity contribution in [2.24, 2.45) is 10.9 Å². The summed E-state index contributed by atoms with van der Waals surface area (Å²) in [6, 6.07) is 9.97. The van der Waals surface area contributed by atoms with Crippen LogP contribution in [0.2, 0.25) is 0 Å². The topological polar surface area (TPSA) is 54.4 Å². The van der Waals surface area contributed by atoms with Gasteiger partial charge in [0.05, 0.1) is 10.4 Å². The maximum atomic E-state index is 12.2. The van der Waals surface area contributed by atoms with Crippen LogP contribution < -0.4 is 5.32 Å². The van der Waals surface area contributed by atoms with E-state index in [0.29, 0.717) is 10.8 Å². The zero-order valence-corrected chi connectivity index (χ0v) is 14.9. The highest BCUT2D eigenvalue weighted by Gasteiger charge is 2.23. The van der Waals surface area contributed by atoms with E-state index in [1.165, 1.54) is 43.9 Å². The Bertz CT molecular complexity index is 853. The molecular formula is C20H21N3OS. The monoisotopic (exact) mass is 351 g/mol. The molecule has 0 spiro atoms. The van der Waals surface area contributed by atoms with E-state index < -0.39 is 0 Å². The molecule has 2 aliphatic rings. The number of aromatic nitrogens is 1. The number of aliphatic imine (C=N–C) groups is 1. The van der Waals surface area contributed by atoms with Gasteiger partial charge >= 0.3 is 0 Å². The smallest absolute Gasteiger partial charge is 0.286 e. The second-order valence-corrected chi connectivity index (χ2v) is 7.70. The number of carbonyl (C=O) groups is 1. The molecular weight excluding hydrogens is 330 g/mol. The lowest BCUT2D eigenvalue weighted by molar-refractivity contribution is -0.113. The third kappa shape index (κ3) is 3.93. The summed E-state index contributed by atoms with van der Waals surface area (Å²) in [5.74, 6) is 0.565. The predicted octanol–water partition coefficient (Wildman–Crippen LogP) is 4.38. The van der Waals surface area contributed by atoms with E-state index in [9.17, 15) is 4.79 Å². The summed E-state index contributed by atoms with van der Waals surface area (Å²) in [5.41, 5.74) is 1.96. The standard InChI is InChI=1S/C20H21N3OS/c24-19-18(12-15-8-9-17-16(11-15)7-4-10-21-17)25-20(23-19)22-13-14-5-2-1-3-6-14/h4,7-12,14H,1-3,5-6,13H2,(H,22,23,24)/b18-12-. The van der Waals surface area contributed by atoms with Gasteiger partial charge in [0.25, 0.3) is 5.91 Å². The Kier molecular flexibility index (Phi) is 4.83. The third-order valence-corrected chi connectivity index (χ3v) is 5.75. The number of nitrogens with zero attached hydrogens (tertiary/aromatic N) is 2. The number of fused-ring (bicyclic) bond motifs is 1. The molecule has 0 saturated heterocycles. The van der Waals surface area contributed by atoms with Crippen LogP contribution in [0.4, 0.5) is 0 Å². The van der Waals surface area contributed by atoms with Crippen LogP contribution in [0.3, 0.4) is 0 Å². The highest BCUT2D eigenvalue weighted by atomic mass is 32.2. The molecule has 1 amide bonds. The van der Waals surface area contributed by atoms with Crippen LogP contribution in [0.1, 0.15) is 37.7 Å². The van der Waals surface area contributed by atoms with E-state index in [1.54, 1.807) is 6.20 Å². The largest absolute Gasteiger partial charge is 0.364 e. The number of pyridine rings is 1. The minimum atomic E-state index is -0.151. The summed E-state index contributed by atoms with van der Waals surface area (Å²) < 4.78 is 0. The summed E-state index contributed by atoms with van der Waals surface area (Å²) in [6.45, 7) is 0.925. The van der Waals surface area contributed by atoms with Crippen LogP contribution >= 0.6 is 11.8 Å². The average Bonchev–Trinajstić information content (AvgIpc) is 3.00. The number of rotatable bonds is 3. The van der Waals surface area contributed by atoms with Gasteiger partial charge in [-0.3, -0.25) is 9.78 Å². The van der Waals surface area contributed by atoms with Crippen molar-refractivity contribution >= 4 is 39.8 Å². The summed E-state index contributed by atoms with van der Waals surface area (Å²) >= 11 is 1.44. The molecule has 1 aromatic carbocycles. The Morgan fingerprint density at radius 1 is 1.20 bits per heavy atom. The fourth-order valence-corrected chi connectivity index (χ4v) is 4.26. The maximum Gasteiger partial charge on any atom is 0.286 e. The first-order valence-corrected chi connectivity index (χ1v) is 9.71. The molecule has 1 N–H and O–H groups in total. The van der Waals surface area contributed by atoms with Crippen LogP contribution in [0, 0.1) is 5.92 Å². The number of carbonyl (C=O) groups excluding carboxylic acids is 1. The number of amidine groups is 1. The number of hydrogen-bond donors (Lipinski definition) is 1. The fraction of sp³-hybridized carbons (Fsp3) is 0.350. The summed E-state index contributed by atoms with van der Waals surface area (Å²) in [7, 11) is 0. The van der Waals surface area contributed by atoms with Crippen molar-refractivity contribution in [3.05, 3.63) is 47.0 Å². The van der Waals surface area contributed by atoms with Gasteiger partial charge in [-0.25, -0.2) is 0 Å². The van der Waals surface area contributed by atoms with Crippen molar-refractivity contribution in [2.75, 3.05) is 6.54 Å². The molecule has 4 nitrogen and oxygen atoms in total. The van der Waals surface area contributed by atoms with Gasteiger partial charge in [-0.05, 0) is 60.4 Å². The van der Waals surface area contributed by atoms with E-state index in [1.807, 2.05) is 30.3 Å². The molecule has 1 fully saturated rings. The zero-order valence-electron chi connectivity index (χ0n) is 14.1. The minimum Gasteiger partial charge on any atom is -0.364 e. The van der Waals surface area contributed by atoms with Crippen molar-refractivity contribution in [3.8, 4) is 0 Å². The van der Waals surface area contributed by atoms with Gasteiger partial charge in [0.1, 0.15) is 0 Å². The average molecular weight is 351 g/mol. The van der Waals surface area contributed by atoms with Gasteiger partial charge in [0.15, 0.2) is 5.17 Å². The summed E-state index contributed by atoms with van der Waals surface area (Å²) in [5, 5.41) is 5.18. The Morgan fingerprint density at radius 2 is 2.08 bits per heavy atom. The second kappa shape index (κ2) is 7.40. The molecule has 5 heteroatoms. The Labute approximate surface area is 151 Å². The quantitative estimate of drug-likeness (QED) is 0.834. The number of thioether (sulfide) groups is 1.